The first kappa shape index (κ1) is 19.0. The lowest BCUT2D eigenvalue weighted by Crippen LogP contribution is -2.48. The van der Waals surface area contributed by atoms with E-state index >= 15 is 0 Å². The lowest BCUT2D eigenvalue weighted by Gasteiger charge is -2.34. The molecule has 0 N–H and O–H groups in total. The summed E-state index contributed by atoms with van der Waals surface area (Å²) in [6.45, 7) is 3.94. The normalized spacial score (nSPS) is 16.4. The molecule has 0 unspecified atom stereocenters. The standard InChI is InChI=1S/C20H20F2N2O3S/c21-16-3-2-15(10-17(16)22)28-12-20(25)24-7-5-23(6-8-24)11-14-1-4-18-19(9-14)27-13-26-18/h1-4,9-10H,5-8,11-13H2. The van der Waals surface area contributed by atoms with Gasteiger partial charge in [-0.3, -0.25) is 9.69 Å². The van der Waals surface area contributed by atoms with Crippen LogP contribution in [0.25, 0.3) is 0 Å². The number of rotatable bonds is 5. The zero-order chi connectivity index (χ0) is 19.5. The number of carbonyl (C=O) groups is 1. The smallest absolute Gasteiger partial charge is 0.233 e. The second kappa shape index (κ2) is 8.36. The Labute approximate surface area is 166 Å². The zero-order valence-electron chi connectivity index (χ0n) is 15.2. The Morgan fingerprint density at radius 1 is 0.964 bits per heavy atom. The Balaban J connectivity index is 1.24. The van der Waals surface area contributed by atoms with Crippen LogP contribution in [0.4, 0.5) is 8.78 Å². The van der Waals surface area contributed by atoms with E-state index in [1.807, 2.05) is 23.1 Å². The molecule has 2 aliphatic rings. The molecule has 148 valence electrons. The van der Waals surface area contributed by atoms with Crippen LogP contribution in [-0.4, -0.2) is 54.4 Å². The summed E-state index contributed by atoms with van der Waals surface area (Å²) in [5.41, 5.74) is 1.15. The molecule has 0 bridgehead atoms. The van der Waals surface area contributed by atoms with Crippen LogP contribution in [0.15, 0.2) is 41.3 Å². The lowest BCUT2D eigenvalue weighted by atomic mass is 10.1. The van der Waals surface area contributed by atoms with Crippen LogP contribution in [0.3, 0.4) is 0 Å². The van der Waals surface area contributed by atoms with Gasteiger partial charge in [-0.05, 0) is 35.9 Å². The summed E-state index contributed by atoms with van der Waals surface area (Å²) in [6.07, 6.45) is 0. The largest absolute Gasteiger partial charge is 0.454 e. The van der Waals surface area contributed by atoms with Crippen molar-refractivity contribution in [2.75, 3.05) is 38.7 Å². The molecule has 0 aliphatic carbocycles. The highest BCUT2D eigenvalue weighted by atomic mass is 32.2. The molecule has 28 heavy (non-hydrogen) atoms. The van der Waals surface area contributed by atoms with Gasteiger partial charge in [-0.2, -0.15) is 0 Å². The van der Waals surface area contributed by atoms with E-state index in [4.69, 9.17) is 9.47 Å². The lowest BCUT2D eigenvalue weighted by molar-refractivity contribution is -0.130. The summed E-state index contributed by atoms with van der Waals surface area (Å²) in [4.78, 5) is 17.1. The zero-order valence-corrected chi connectivity index (χ0v) is 16.0. The summed E-state index contributed by atoms with van der Waals surface area (Å²) < 4.78 is 37.0. The van der Waals surface area contributed by atoms with Crippen molar-refractivity contribution in [2.45, 2.75) is 11.4 Å². The van der Waals surface area contributed by atoms with Gasteiger partial charge < -0.3 is 14.4 Å². The Kier molecular flexibility index (Phi) is 5.68. The van der Waals surface area contributed by atoms with E-state index in [1.165, 1.54) is 17.8 Å². The number of amides is 1. The number of hydrogen-bond acceptors (Lipinski definition) is 5. The Hall–Kier alpha value is -2.32. The van der Waals surface area contributed by atoms with Crippen LogP contribution < -0.4 is 9.47 Å². The Morgan fingerprint density at radius 3 is 2.54 bits per heavy atom. The Morgan fingerprint density at radius 2 is 1.75 bits per heavy atom. The highest BCUT2D eigenvalue weighted by Crippen LogP contribution is 2.32. The van der Waals surface area contributed by atoms with E-state index in [2.05, 4.69) is 4.90 Å². The molecule has 2 aromatic carbocycles. The molecule has 0 radical (unpaired) electrons. The average molecular weight is 406 g/mol. The average Bonchev–Trinajstić information content (AvgIpc) is 3.17. The molecule has 1 amide bonds. The quantitative estimate of drug-likeness (QED) is 0.714. The second-order valence-corrected chi connectivity index (χ2v) is 7.76. The molecule has 5 nitrogen and oxygen atoms in total. The minimum Gasteiger partial charge on any atom is -0.454 e. The molecule has 1 saturated heterocycles. The van der Waals surface area contributed by atoms with Gasteiger partial charge in [0.1, 0.15) is 0 Å². The van der Waals surface area contributed by atoms with Crippen LogP contribution in [0.5, 0.6) is 11.5 Å². The van der Waals surface area contributed by atoms with Gasteiger partial charge in [-0.15, -0.1) is 11.8 Å². The van der Waals surface area contributed by atoms with Gasteiger partial charge >= 0.3 is 0 Å². The Bertz CT molecular complexity index is 873. The van der Waals surface area contributed by atoms with Gasteiger partial charge in [0.05, 0.1) is 5.75 Å². The second-order valence-electron chi connectivity index (χ2n) is 6.71. The summed E-state index contributed by atoms with van der Waals surface area (Å²) in [7, 11) is 0. The van der Waals surface area contributed by atoms with Gasteiger partial charge in [-0.1, -0.05) is 6.07 Å². The number of hydrogen-bond donors (Lipinski definition) is 0. The van der Waals surface area contributed by atoms with Crippen LogP contribution in [0, 0.1) is 11.6 Å². The topological polar surface area (TPSA) is 42.0 Å². The summed E-state index contributed by atoms with van der Waals surface area (Å²) in [5.74, 6) is 0.00678. The molecular formula is C20H20F2N2O3S. The fourth-order valence-electron chi connectivity index (χ4n) is 3.26. The molecule has 0 saturated carbocycles. The number of fused-ring (bicyclic) bond motifs is 1. The molecule has 2 heterocycles. The molecule has 0 spiro atoms. The SMILES string of the molecule is O=C(CSc1ccc(F)c(F)c1)N1CCN(Cc2ccc3c(c2)OCO3)CC1. The van der Waals surface area contributed by atoms with Gasteiger partial charge in [0.25, 0.3) is 0 Å². The van der Waals surface area contributed by atoms with Gasteiger partial charge in [0.15, 0.2) is 23.1 Å². The van der Waals surface area contributed by atoms with Crippen LogP contribution in [-0.2, 0) is 11.3 Å². The maximum atomic E-state index is 13.2. The van der Waals surface area contributed by atoms with Gasteiger partial charge in [-0.25, -0.2) is 8.78 Å². The van der Waals surface area contributed by atoms with E-state index in [1.54, 1.807) is 0 Å². The summed E-state index contributed by atoms with van der Waals surface area (Å²) >= 11 is 1.22. The predicted molar refractivity (Wildman–Crippen MR) is 102 cm³/mol. The first-order valence-corrected chi connectivity index (χ1v) is 10.0. The van der Waals surface area contributed by atoms with Crippen molar-refractivity contribution in [3.05, 3.63) is 53.6 Å². The van der Waals surface area contributed by atoms with E-state index in [9.17, 15) is 13.6 Å². The first-order chi connectivity index (χ1) is 13.6. The van der Waals surface area contributed by atoms with Gasteiger partial charge in [0.2, 0.25) is 12.7 Å². The van der Waals surface area contributed by atoms with E-state index < -0.39 is 11.6 Å². The third kappa shape index (κ3) is 4.39. The van der Waals surface area contributed by atoms with Gasteiger partial charge in [0, 0.05) is 37.6 Å². The molecule has 1 fully saturated rings. The molecular weight excluding hydrogens is 386 g/mol. The van der Waals surface area contributed by atoms with Crippen molar-refractivity contribution in [1.82, 2.24) is 9.80 Å². The number of carbonyl (C=O) groups excluding carboxylic acids is 1. The number of nitrogens with zero attached hydrogens (tertiary/aromatic N) is 2. The number of ether oxygens (including phenoxy) is 2. The number of halogens is 2. The van der Waals surface area contributed by atoms with Crippen molar-refractivity contribution in [3.8, 4) is 11.5 Å². The van der Waals surface area contributed by atoms with Crippen molar-refractivity contribution in [3.63, 3.8) is 0 Å². The third-order valence-corrected chi connectivity index (χ3v) is 5.80. The molecule has 0 aromatic heterocycles. The van der Waals surface area contributed by atoms with E-state index in [0.717, 1.165) is 48.8 Å². The molecule has 0 atom stereocenters. The fraction of sp³-hybridized carbons (Fsp3) is 0.350. The highest BCUT2D eigenvalue weighted by molar-refractivity contribution is 8.00. The summed E-state index contributed by atoms with van der Waals surface area (Å²) in [5, 5.41) is 0. The molecule has 8 heteroatoms. The number of thioether (sulfide) groups is 1. The molecule has 2 aliphatic heterocycles. The van der Waals surface area contributed by atoms with Crippen molar-refractivity contribution in [2.24, 2.45) is 0 Å². The highest BCUT2D eigenvalue weighted by Gasteiger charge is 2.22. The van der Waals surface area contributed by atoms with Crippen molar-refractivity contribution < 1.29 is 23.0 Å². The minimum absolute atomic E-state index is 0.0115. The van der Waals surface area contributed by atoms with Crippen molar-refractivity contribution in [1.29, 1.82) is 0 Å². The number of benzene rings is 2. The summed E-state index contributed by atoms with van der Waals surface area (Å²) in [6, 6.07) is 9.64. The van der Waals surface area contributed by atoms with Crippen molar-refractivity contribution >= 4 is 17.7 Å². The van der Waals surface area contributed by atoms with E-state index in [-0.39, 0.29) is 18.5 Å². The van der Waals surface area contributed by atoms with Crippen LogP contribution in [0.2, 0.25) is 0 Å². The molecule has 4 rings (SSSR count). The van der Waals surface area contributed by atoms with Crippen LogP contribution in [0.1, 0.15) is 5.56 Å². The maximum absolute atomic E-state index is 13.2. The van der Waals surface area contributed by atoms with Crippen LogP contribution >= 0.6 is 11.8 Å². The fourth-order valence-corrected chi connectivity index (χ4v) is 4.08. The first-order valence-electron chi connectivity index (χ1n) is 9.05. The number of piperazine rings is 1. The van der Waals surface area contributed by atoms with E-state index in [0.29, 0.717) is 18.0 Å². The predicted octanol–water partition coefficient (Wildman–Crippen LogP) is 3.13. The monoisotopic (exact) mass is 406 g/mol. The molecule has 2 aromatic rings. The maximum Gasteiger partial charge on any atom is 0.233 e. The third-order valence-electron chi connectivity index (χ3n) is 4.82. The minimum atomic E-state index is -0.894.